The van der Waals surface area contributed by atoms with Crippen molar-refractivity contribution < 1.29 is 13.6 Å². The molecule has 0 spiro atoms. The zero-order valence-electron chi connectivity index (χ0n) is 16.3. The molecule has 7 heteroatoms. The van der Waals surface area contributed by atoms with Crippen LogP contribution >= 0.6 is 0 Å². The molecule has 3 heterocycles. The number of benzene rings is 1. The highest BCUT2D eigenvalue weighted by Crippen LogP contribution is 2.25. The second-order valence-electron chi connectivity index (χ2n) is 6.05. The maximum Gasteiger partial charge on any atom is 0.262 e. The highest BCUT2D eigenvalue weighted by Gasteiger charge is 2.17. The van der Waals surface area contributed by atoms with Gasteiger partial charge in [-0.1, -0.05) is 19.9 Å². The summed E-state index contributed by atoms with van der Waals surface area (Å²) in [6.45, 7) is 5.97. The minimum absolute atomic E-state index is 0.203. The lowest BCUT2D eigenvalue weighted by Crippen LogP contribution is -2.16. The Morgan fingerprint density at radius 1 is 1.07 bits per heavy atom. The number of fused-ring (bicyclic) bond motifs is 1. The van der Waals surface area contributed by atoms with Gasteiger partial charge < -0.3 is 5.32 Å². The largest absolute Gasteiger partial charge is 0.306 e. The van der Waals surface area contributed by atoms with Gasteiger partial charge in [-0.15, -0.1) is 0 Å². The molecule has 0 saturated heterocycles. The van der Waals surface area contributed by atoms with E-state index in [-0.39, 0.29) is 5.82 Å². The SMILES string of the molecule is CC.Cc1cn2nccc2cc1-c1ccc(NC(=O)c2c(F)cccc2F)nc1. The van der Waals surface area contributed by atoms with Crippen LogP contribution in [0.4, 0.5) is 14.6 Å². The molecule has 3 aromatic heterocycles. The van der Waals surface area contributed by atoms with Crippen LogP contribution < -0.4 is 5.32 Å². The number of nitrogens with zero attached hydrogens (tertiary/aromatic N) is 3. The fraction of sp³-hybridized carbons (Fsp3) is 0.136. The highest BCUT2D eigenvalue weighted by atomic mass is 19.1. The second kappa shape index (κ2) is 8.60. The Morgan fingerprint density at radius 2 is 1.79 bits per heavy atom. The predicted molar refractivity (Wildman–Crippen MR) is 109 cm³/mol. The zero-order chi connectivity index (χ0) is 21.0. The van der Waals surface area contributed by atoms with Gasteiger partial charge in [-0.3, -0.25) is 4.79 Å². The van der Waals surface area contributed by atoms with Gasteiger partial charge in [-0.25, -0.2) is 18.3 Å². The lowest BCUT2D eigenvalue weighted by Gasteiger charge is -2.09. The molecule has 0 aliphatic rings. The summed E-state index contributed by atoms with van der Waals surface area (Å²) in [5, 5.41) is 6.61. The zero-order valence-corrected chi connectivity index (χ0v) is 16.3. The predicted octanol–water partition coefficient (Wildman–Crippen LogP) is 5.26. The molecule has 4 rings (SSSR count). The topological polar surface area (TPSA) is 59.3 Å². The van der Waals surface area contributed by atoms with E-state index in [1.54, 1.807) is 29.0 Å². The van der Waals surface area contributed by atoms with Gasteiger partial charge in [0.15, 0.2) is 0 Å². The van der Waals surface area contributed by atoms with E-state index in [1.165, 1.54) is 6.07 Å². The maximum absolute atomic E-state index is 13.7. The molecule has 0 radical (unpaired) electrons. The number of rotatable bonds is 3. The summed E-state index contributed by atoms with van der Waals surface area (Å²) in [5.41, 5.74) is 3.16. The van der Waals surface area contributed by atoms with Gasteiger partial charge in [0.05, 0.1) is 5.52 Å². The maximum atomic E-state index is 13.7. The number of anilines is 1. The summed E-state index contributed by atoms with van der Waals surface area (Å²) in [6, 6.07) is 10.5. The molecule has 0 unspecified atom stereocenters. The molecular weight excluding hydrogens is 374 g/mol. The van der Waals surface area contributed by atoms with E-state index in [2.05, 4.69) is 15.4 Å². The van der Waals surface area contributed by atoms with Crippen molar-refractivity contribution in [2.45, 2.75) is 20.8 Å². The van der Waals surface area contributed by atoms with Crippen LogP contribution in [0.5, 0.6) is 0 Å². The number of carbonyl (C=O) groups is 1. The summed E-state index contributed by atoms with van der Waals surface area (Å²) in [5.74, 6) is -2.53. The third-order valence-corrected chi connectivity index (χ3v) is 4.24. The van der Waals surface area contributed by atoms with Crippen molar-refractivity contribution in [3.63, 3.8) is 0 Å². The number of hydrogen-bond donors (Lipinski definition) is 1. The summed E-state index contributed by atoms with van der Waals surface area (Å²) >= 11 is 0. The number of nitrogens with one attached hydrogen (secondary N) is 1. The molecule has 0 bridgehead atoms. The van der Waals surface area contributed by atoms with E-state index in [1.807, 2.05) is 39.1 Å². The second-order valence-corrected chi connectivity index (χ2v) is 6.05. The fourth-order valence-electron chi connectivity index (χ4n) is 2.89. The van der Waals surface area contributed by atoms with Gasteiger partial charge >= 0.3 is 0 Å². The average molecular weight is 394 g/mol. The number of aromatic nitrogens is 3. The minimum atomic E-state index is -0.922. The molecule has 4 aromatic rings. The third kappa shape index (κ3) is 4.13. The molecule has 0 aliphatic carbocycles. The Kier molecular flexibility index (Phi) is 5.97. The summed E-state index contributed by atoms with van der Waals surface area (Å²) in [4.78, 5) is 16.3. The van der Waals surface area contributed by atoms with Crippen molar-refractivity contribution in [2.75, 3.05) is 5.32 Å². The van der Waals surface area contributed by atoms with Crippen LogP contribution in [-0.2, 0) is 0 Å². The molecule has 148 valence electrons. The number of aryl methyl sites for hydroxylation is 1. The normalized spacial score (nSPS) is 10.4. The fourth-order valence-corrected chi connectivity index (χ4v) is 2.89. The Bertz CT molecular complexity index is 1130. The molecular formula is C22H20F2N4O. The first kappa shape index (κ1) is 20.1. The Morgan fingerprint density at radius 3 is 2.45 bits per heavy atom. The lowest BCUT2D eigenvalue weighted by atomic mass is 10.0. The summed E-state index contributed by atoms with van der Waals surface area (Å²) in [6.07, 6.45) is 5.24. The van der Waals surface area contributed by atoms with E-state index in [0.29, 0.717) is 0 Å². The quantitative estimate of drug-likeness (QED) is 0.516. The van der Waals surface area contributed by atoms with E-state index in [4.69, 9.17) is 0 Å². The molecule has 1 aromatic carbocycles. The Hall–Kier alpha value is -3.61. The van der Waals surface area contributed by atoms with Crippen molar-refractivity contribution in [1.29, 1.82) is 0 Å². The first-order valence-corrected chi connectivity index (χ1v) is 9.19. The number of halogens is 2. The smallest absolute Gasteiger partial charge is 0.262 e. The number of amides is 1. The van der Waals surface area contributed by atoms with Crippen LogP contribution in [0.25, 0.3) is 16.6 Å². The Labute approximate surface area is 167 Å². The van der Waals surface area contributed by atoms with Gasteiger partial charge in [0.1, 0.15) is 23.0 Å². The molecule has 1 amide bonds. The molecule has 29 heavy (non-hydrogen) atoms. The van der Waals surface area contributed by atoms with E-state index < -0.39 is 23.1 Å². The highest BCUT2D eigenvalue weighted by molar-refractivity contribution is 6.04. The number of pyridine rings is 2. The van der Waals surface area contributed by atoms with E-state index in [0.717, 1.165) is 34.3 Å². The van der Waals surface area contributed by atoms with Crippen molar-refractivity contribution >= 4 is 17.2 Å². The van der Waals surface area contributed by atoms with Gasteiger partial charge in [-0.2, -0.15) is 5.10 Å². The monoisotopic (exact) mass is 394 g/mol. The van der Waals surface area contributed by atoms with Crippen molar-refractivity contribution in [2.24, 2.45) is 0 Å². The average Bonchev–Trinajstić information content (AvgIpc) is 3.16. The van der Waals surface area contributed by atoms with Gasteiger partial charge in [0, 0.05) is 24.2 Å². The molecule has 0 aliphatic heterocycles. The third-order valence-electron chi connectivity index (χ3n) is 4.24. The molecule has 0 saturated carbocycles. The molecule has 1 N–H and O–H groups in total. The van der Waals surface area contributed by atoms with Gasteiger partial charge in [0.25, 0.3) is 5.91 Å². The van der Waals surface area contributed by atoms with Crippen molar-refractivity contribution in [3.05, 3.63) is 83.8 Å². The molecule has 5 nitrogen and oxygen atoms in total. The number of hydrogen-bond acceptors (Lipinski definition) is 3. The molecule has 0 atom stereocenters. The van der Waals surface area contributed by atoms with Gasteiger partial charge in [0.2, 0.25) is 0 Å². The van der Waals surface area contributed by atoms with Crippen LogP contribution in [0.3, 0.4) is 0 Å². The first-order valence-electron chi connectivity index (χ1n) is 9.19. The number of carbonyl (C=O) groups excluding carboxylic acids is 1. The van der Waals surface area contributed by atoms with Crippen LogP contribution in [-0.4, -0.2) is 20.5 Å². The van der Waals surface area contributed by atoms with E-state index in [9.17, 15) is 13.6 Å². The standard InChI is InChI=1S/C20H14F2N4O.C2H6/c1-12-11-26-14(7-8-24-26)9-15(12)13-5-6-18(23-10-13)25-20(27)19-16(21)3-2-4-17(19)22;1-2/h2-11H,1H3,(H,23,25,27);1-2H3. The van der Waals surface area contributed by atoms with Crippen LogP contribution in [0.2, 0.25) is 0 Å². The van der Waals surface area contributed by atoms with Crippen LogP contribution in [0, 0.1) is 18.6 Å². The Balaban J connectivity index is 0.00000117. The lowest BCUT2D eigenvalue weighted by molar-refractivity contribution is 0.101. The van der Waals surface area contributed by atoms with E-state index >= 15 is 0 Å². The van der Waals surface area contributed by atoms with Crippen LogP contribution in [0.1, 0.15) is 29.8 Å². The van der Waals surface area contributed by atoms with Crippen LogP contribution in [0.15, 0.2) is 61.1 Å². The molecule has 0 fully saturated rings. The summed E-state index contributed by atoms with van der Waals surface area (Å²) in [7, 11) is 0. The van der Waals surface area contributed by atoms with Gasteiger partial charge in [-0.05, 0) is 54.4 Å². The minimum Gasteiger partial charge on any atom is -0.306 e. The first-order chi connectivity index (χ1) is 14.0. The van der Waals surface area contributed by atoms with Crippen molar-refractivity contribution in [1.82, 2.24) is 14.6 Å². The summed E-state index contributed by atoms with van der Waals surface area (Å²) < 4.78 is 29.2. The van der Waals surface area contributed by atoms with Crippen molar-refractivity contribution in [3.8, 4) is 11.1 Å².